The molecule has 1 aromatic heterocycles. The van der Waals surface area contributed by atoms with Crippen molar-refractivity contribution in [3.8, 4) is 0 Å². The molecule has 0 unspecified atom stereocenters. The van der Waals surface area contributed by atoms with Gasteiger partial charge >= 0.3 is 0 Å². The molecule has 1 aliphatic rings. The van der Waals surface area contributed by atoms with E-state index in [9.17, 15) is 0 Å². The van der Waals surface area contributed by atoms with Crippen LogP contribution in [0.2, 0.25) is 0 Å². The maximum absolute atomic E-state index is 8.41. The Morgan fingerprint density at radius 3 is 3.15 bits per heavy atom. The van der Waals surface area contributed by atoms with Crippen molar-refractivity contribution in [2.75, 3.05) is 0 Å². The van der Waals surface area contributed by atoms with Crippen molar-refractivity contribution in [3.05, 3.63) is 18.2 Å². The minimum Gasteiger partial charge on any atom is -0.409 e. The smallest absolute Gasteiger partial charge is 0.145 e. The lowest BCUT2D eigenvalue weighted by atomic mass is 10.3. The van der Waals surface area contributed by atoms with Gasteiger partial charge in [0.05, 0.1) is 12.7 Å². The minimum absolute atomic E-state index is 0.224. The van der Waals surface area contributed by atoms with Gasteiger partial charge in [-0.15, -0.1) is 0 Å². The number of nitrogens with two attached hydrogens (primary N) is 1. The maximum Gasteiger partial charge on any atom is 0.145 e. The predicted molar refractivity (Wildman–Crippen MR) is 47.6 cm³/mol. The van der Waals surface area contributed by atoms with Crippen molar-refractivity contribution in [3.63, 3.8) is 0 Å². The van der Waals surface area contributed by atoms with Gasteiger partial charge in [-0.05, 0) is 12.8 Å². The summed E-state index contributed by atoms with van der Waals surface area (Å²) in [4.78, 5) is 4.04. The van der Waals surface area contributed by atoms with Gasteiger partial charge < -0.3 is 15.5 Å². The minimum atomic E-state index is 0.224. The molecule has 0 spiro atoms. The lowest BCUT2D eigenvalue weighted by Gasteiger charge is -2.04. The van der Waals surface area contributed by atoms with E-state index in [0.717, 1.165) is 5.69 Å². The summed E-state index contributed by atoms with van der Waals surface area (Å²) in [6, 6.07) is 0.587. The van der Waals surface area contributed by atoms with Crippen LogP contribution in [0.4, 0.5) is 0 Å². The zero-order chi connectivity index (χ0) is 9.26. The van der Waals surface area contributed by atoms with E-state index < -0.39 is 0 Å². The summed E-state index contributed by atoms with van der Waals surface area (Å²) in [5, 5.41) is 11.3. The summed E-state index contributed by atoms with van der Waals surface area (Å²) in [7, 11) is 0. The second kappa shape index (κ2) is 3.08. The van der Waals surface area contributed by atoms with Crippen molar-refractivity contribution in [2.24, 2.45) is 10.9 Å². The third kappa shape index (κ3) is 1.63. The molecule has 0 amide bonds. The van der Waals surface area contributed by atoms with E-state index in [1.54, 1.807) is 12.5 Å². The van der Waals surface area contributed by atoms with Crippen LogP contribution in [-0.4, -0.2) is 20.6 Å². The molecule has 5 heteroatoms. The van der Waals surface area contributed by atoms with Crippen molar-refractivity contribution >= 4 is 5.84 Å². The van der Waals surface area contributed by atoms with Crippen LogP contribution in [0.25, 0.3) is 0 Å². The summed E-state index contributed by atoms with van der Waals surface area (Å²) < 4.78 is 2.10. The van der Waals surface area contributed by atoms with E-state index in [1.807, 2.05) is 0 Å². The van der Waals surface area contributed by atoms with Crippen molar-refractivity contribution in [1.82, 2.24) is 9.55 Å². The summed E-state index contributed by atoms with van der Waals surface area (Å²) in [6.45, 7) is 0. The molecule has 1 fully saturated rings. The average Bonchev–Trinajstić information content (AvgIpc) is 2.88. The zero-order valence-corrected chi connectivity index (χ0v) is 7.22. The summed E-state index contributed by atoms with van der Waals surface area (Å²) in [5.41, 5.74) is 6.42. The Hall–Kier alpha value is -1.52. The van der Waals surface area contributed by atoms with Crippen molar-refractivity contribution < 1.29 is 5.21 Å². The molecule has 3 N–H and O–H groups in total. The fraction of sp³-hybridized carbons (Fsp3) is 0.500. The van der Waals surface area contributed by atoms with E-state index in [2.05, 4.69) is 14.7 Å². The topological polar surface area (TPSA) is 76.4 Å². The number of rotatable bonds is 3. The van der Waals surface area contributed by atoms with Gasteiger partial charge in [0.15, 0.2) is 0 Å². The largest absolute Gasteiger partial charge is 0.409 e. The molecule has 1 saturated carbocycles. The SMILES string of the molecule is N/C(Cc1cncn1C1CC1)=N\O. The molecule has 0 saturated heterocycles. The van der Waals surface area contributed by atoms with Crippen LogP contribution in [0, 0.1) is 0 Å². The third-order valence-electron chi connectivity index (χ3n) is 2.18. The predicted octanol–water partition coefficient (Wildman–Crippen LogP) is 0.507. The fourth-order valence-electron chi connectivity index (χ4n) is 1.37. The van der Waals surface area contributed by atoms with Gasteiger partial charge in [0.1, 0.15) is 5.84 Å². The highest BCUT2D eigenvalue weighted by atomic mass is 16.4. The third-order valence-corrected chi connectivity index (χ3v) is 2.18. The Balaban J connectivity index is 2.14. The number of hydrogen-bond donors (Lipinski definition) is 2. The second-order valence-electron chi connectivity index (χ2n) is 3.29. The van der Waals surface area contributed by atoms with Gasteiger partial charge in [0.25, 0.3) is 0 Å². The van der Waals surface area contributed by atoms with Gasteiger partial charge in [0, 0.05) is 17.9 Å². The number of oxime groups is 1. The molecular weight excluding hydrogens is 168 g/mol. The number of imidazole rings is 1. The molecule has 1 heterocycles. The van der Waals surface area contributed by atoms with Crippen LogP contribution >= 0.6 is 0 Å². The summed E-state index contributed by atoms with van der Waals surface area (Å²) in [5.74, 6) is 0.224. The highest BCUT2D eigenvalue weighted by Gasteiger charge is 2.25. The second-order valence-corrected chi connectivity index (χ2v) is 3.29. The van der Waals surface area contributed by atoms with Gasteiger partial charge in [0.2, 0.25) is 0 Å². The molecule has 2 rings (SSSR count). The first-order valence-corrected chi connectivity index (χ1v) is 4.28. The number of nitrogens with zero attached hydrogens (tertiary/aromatic N) is 3. The van der Waals surface area contributed by atoms with Gasteiger partial charge in [-0.2, -0.15) is 0 Å². The lowest BCUT2D eigenvalue weighted by molar-refractivity contribution is 0.317. The van der Waals surface area contributed by atoms with Gasteiger partial charge in [-0.1, -0.05) is 5.16 Å². The Morgan fingerprint density at radius 1 is 1.77 bits per heavy atom. The number of amidine groups is 1. The fourth-order valence-corrected chi connectivity index (χ4v) is 1.37. The van der Waals surface area contributed by atoms with E-state index in [-0.39, 0.29) is 5.84 Å². The molecule has 1 aliphatic carbocycles. The molecule has 70 valence electrons. The normalized spacial score (nSPS) is 17.7. The zero-order valence-electron chi connectivity index (χ0n) is 7.22. The van der Waals surface area contributed by atoms with Crippen LogP contribution in [0.1, 0.15) is 24.6 Å². The van der Waals surface area contributed by atoms with Gasteiger partial charge in [-0.3, -0.25) is 0 Å². The first-order chi connectivity index (χ1) is 6.31. The molecule has 5 nitrogen and oxygen atoms in total. The van der Waals surface area contributed by atoms with E-state index in [0.29, 0.717) is 12.5 Å². The first kappa shape index (κ1) is 8.10. The molecule has 1 aromatic rings. The van der Waals surface area contributed by atoms with Crippen molar-refractivity contribution in [1.29, 1.82) is 0 Å². The van der Waals surface area contributed by atoms with Crippen LogP contribution < -0.4 is 5.73 Å². The summed E-state index contributed by atoms with van der Waals surface area (Å²) >= 11 is 0. The Morgan fingerprint density at radius 2 is 2.54 bits per heavy atom. The van der Waals surface area contributed by atoms with E-state index in [4.69, 9.17) is 10.9 Å². The standard InChI is InChI=1S/C8H12N4O/c9-8(11-13)3-7-4-10-5-12(7)6-1-2-6/h4-6,13H,1-3H2,(H2,9,11). The highest BCUT2D eigenvalue weighted by molar-refractivity contribution is 5.81. The Bertz CT molecular complexity index is 327. The molecule has 0 aliphatic heterocycles. The number of aromatic nitrogens is 2. The van der Waals surface area contributed by atoms with Crippen molar-refractivity contribution in [2.45, 2.75) is 25.3 Å². The average molecular weight is 180 g/mol. The number of hydrogen-bond acceptors (Lipinski definition) is 3. The van der Waals surface area contributed by atoms with Crippen LogP contribution in [0.3, 0.4) is 0 Å². The molecule has 0 atom stereocenters. The quantitative estimate of drug-likeness (QED) is 0.308. The molecule has 13 heavy (non-hydrogen) atoms. The van der Waals surface area contributed by atoms with Crippen LogP contribution in [0.15, 0.2) is 17.7 Å². The first-order valence-electron chi connectivity index (χ1n) is 4.28. The molecular formula is C8H12N4O. The Kier molecular flexibility index (Phi) is 1.92. The van der Waals surface area contributed by atoms with E-state index in [1.165, 1.54) is 12.8 Å². The molecule has 0 bridgehead atoms. The Labute approximate surface area is 75.9 Å². The monoisotopic (exact) mass is 180 g/mol. The molecule has 0 aromatic carbocycles. The molecule has 0 radical (unpaired) electrons. The van der Waals surface area contributed by atoms with Crippen LogP contribution in [0.5, 0.6) is 0 Å². The van der Waals surface area contributed by atoms with E-state index >= 15 is 0 Å². The highest BCUT2D eigenvalue weighted by Crippen LogP contribution is 2.35. The summed E-state index contributed by atoms with van der Waals surface area (Å²) in [6.07, 6.45) is 6.44. The maximum atomic E-state index is 8.41. The van der Waals surface area contributed by atoms with Gasteiger partial charge in [-0.25, -0.2) is 4.98 Å². The lowest BCUT2D eigenvalue weighted by Crippen LogP contribution is -2.16. The van der Waals surface area contributed by atoms with Crippen LogP contribution in [-0.2, 0) is 6.42 Å².